The van der Waals surface area contributed by atoms with Crippen molar-refractivity contribution in [1.29, 1.82) is 0 Å². The maximum absolute atomic E-state index is 11.3. The zero-order valence-corrected chi connectivity index (χ0v) is 11.9. The summed E-state index contributed by atoms with van der Waals surface area (Å²) in [7, 11) is 1.63. The largest absolute Gasteiger partial charge is 0.463 e. The van der Waals surface area contributed by atoms with Gasteiger partial charge in [-0.3, -0.25) is 4.79 Å². The molecule has 0 saturated heterocycles. The summed E-state index contributed by atoms with van der Waals surface area (Å²) in [5.74, 6) is -0.110. The van der Waals surface area contributed by atoms with Crippen LogP contribution in [0.2, 0.25) is 0 Å². The van der Waals surface area contributed by atoms with Crippen LogP contribution < -0.4 is 0 Å². The summed E-state index contributed by atoms with van der Waals surface area (Å²) in [5, 5.41) is 0. The Morgan fingerprint density at radius 2 is 1.56 bits per heavy atom. The van der Waals surface area contributed by atoms with E-state index in [0.717, 1.165) is 12.8 Å². The van der Waals surface area contributed by atoms with Crippen LogP contribution in [-0.4, -0.2) is 39.5 Å². The minimum Gasteiger partial charge on any atom is -0.463 e. The van der Waals surface area contributed by atoms with Crippen molar-refractivity contribution in [1.82, 2.24) is 0 Å². The summed E-state index contributed by atoms with van der Waals surface area (Å²) in [6, 6.07) is 0. The van der Waals surface area contributed by atoms with Crippen molar-refractivity contribution in [3.8, 4) is 0 Å². The molecule has 0 heterocycles. The molecular weight excluding hydrogens is 232 g/mol. The molecule has 0 aromatic heterocycles. The average molecular weight is 260 g/mol. The van der Waals surface area contributed by atoms with Gasteiger partial charge < -0.3 is 14.2 Å². The highest BCUT2D eigenvalue weighted by molar-refractivity contribution is 5.69. The summed E-state index contributed by atoms with van der Waals surface area (Å²) >= 11 is 0. The number of hydrogen-bond acceptors (Lipinski definition) is 4. The highest BCUT2D eigenvalue weighted by Crippen LogP contribution is 2.07. The van der Waals surface area contributed by atoms with Gasteiger partial charge in [-0.15, -0.1) is 0 Å². The van der Waals surface area contributed by atoms with E-state index in [9.17, 15) is 4.79 Å². The molecule has 0 unspecified atom stereocenters. The zero-order chi connectivity index (χ0) is 13.5. The van der Waals surface area contributed by atoms with Gasteiger partial charge in [-0.2, -0.15) is 0 Å². The molecule has 0 bridgehead atoms. The third-order valence-corrected chi connectivity index (χ3v) is 2.66. The van der Waals surface area contributed by atoms with Crippen LogP contribution in [0.5, 0.6) is 0 Å². The number of methoxy groups -OCH3 is 1. The second-order valence-corrected chi connectivity index (χ2v) is 4.34. The van der Waals surface area contributed by atoms with E-state index < -0.39 is 0 Å². The lowest BCUT2D eigenvalue weighted by atomic mass is 10.1. The number of esters is 1. The molecule has 0 aliphatic rings. The average Bonchev–Trinajstić information content (AvgIpc) is 2.38. The molecule has 4 nitrogen and oxygen atoms in total. The second-order valence-electron chi connectivity index (χ2n) is 4.34. The molecule has 0 aromatic carbocycles. The molecule has 0 atom stereocenters. The van der Waals surface area contributed by atoms with Crippen LogP contribution in [0, 0.1) is 0 Å². The number of unbranched alkanes of at least 4 members (excludes halogenated alkanes) is 5. The lowest BCUT2D eigenvalue weighted by molar-refractivity contribution is -0.145. The Labute approximate surface area is 111 Å². The van der Waals surface area contributed by atoms with Gasteiger partial charge in [-0.05, 0) is 6.42 Å². The summed E-state index contributed by atoms with van der Waals surface area (Å²) in [6.07, 6.45) is 7.64. The number of carbonyl (C=O) groups excluding carboxylic acids is 1. The number of hydrogen-bond donors (Lipinski definition) is 0. The van der Waals surface area contributed by atoms with Crippen molar-refractivity contribution in [3.63, 3.8) is 0 Å². The first-order chi connectivity index (χ1) is 8.81. The van der Waals surface area contributed by atoms with Crippen molar-refractivity contribution in [2.24, 2.45) is 0 Å². The maximum Gasteiger partial charge on any atom is 0.305 e. The smallest absolute Gasteiger partial charge is 0.305 e. The Balaban J connectivity index is 3.12. The lowest BCUT2D eigenvalue weighted by Gasteiger charge is -2.05. The molecular formula is C14H28O4. The SMILES string of the molecule is CCCCCCCCC(=O)OCCOCCOC. The molecule has 108 valence electrons. The molecule has 0 saturated carbocycles. The lowest BCUT2D eigenvalue weighted by Crippen LogP contribution is -2.12. The van der Waals surface area contributed by atoms with Gasteiger partial charge >= 0.3 is 5.97 Å². The van der Waals surface area contributed by atoms with Gasteiger partial charge in [0.05, 0.1) is 19.8 Å². The monoisotopic (exact) mass is 260 g/mol. The van der Waals surface area contributed by atoms with Gasteiger partial charge in [0.15, 0.2) is 0 Å². The maximum atomic E-state index is 11.3. The normalized spacial score (nSPS) is 10.6. The predicted octanol–water partition coefficient (Wildman–Crippen LogP) is 2.94. The van der Waals surface area contributed by atoms with E-state index in [1.54, 1.807) is 7.11 Å². The van der Waals surface area contributed by atoms with Crippen LogP contribution in [0.15, 0.2) is 0 Å². The van der Waals surface area contributed by atoms with E-state index in [-0.39, 0.29) is 5.97 Å². The Morgan fingerprint density at radius 1 is 0.889 bits per heavy atom. The predicted molar refractivity (Wildman–Crippen MR) is 71.6 cm³/mol. The Kier molecular flexibility index (Phi) is 14.0. The first-order valence-corrected chi connectivity index (χ1v) is 7.03. The molecule has 0 amide bonds. The van der Waals surface area contributed by atoms with E-state index >= 15 is 0 Å². The fourth-order valence-electron chi connectivity index (χ4n) is 1.58. The molecule has 4 heteroatoms. The van der Waals surface area contributed by atoms with Gasteiger partial charge in [-0.25, -0.2) is 0 Å². The number of carbonyl (C=O) groups is 1. The van der Waals surface area contributed by atoms with Gasteiger partial charge in [0.2, 0.25) is 0 Å². The molecule has 0 spiro atoms. The Morgan fingerprint density at radius 3 is 2.28 bits per heavy atom. The van der Waals surface area contributed by atoms with E-state index in [2.05, 4.69) is 6.92 Å². The molecule has 0 N–H and O–H groups in total. The van der Waals surface area contributed by atoms with Crippen molar-refractivity contribution in [3.05, 3.63) is 0 Å². The quantitative estimate of drug-likeness (QED) is 0.377. The fourth-order valence-corrected chi connectivity index (χ4v) is 1.58. The van der Waals surface area contributed by atoms with Crippen LogP contribution in [0.4, 0.5) is 0 Å². The van der Waals surface area contributed by atoms with Gasteiger partial charge in [0.1, 0.15) is 6.61 Å². The molecule has 0 rings (SSSR count). The van der Waals surface area contributed by atoms with E-state index in [4.69, 9.17) is 14.2 Å². The van der Waals surface area contributed by atoms with Crippen molar-refractivity contribution < 1.29 is 19.0 Å². The third-order valence-electron chi connectivity index (χ3n) is 2.66. The highest BCUT2D eigenvalue weighted by atomic mass is 16.6. The zero-order valence-electron chi connectivity index (χ0n) is 11.9. The van der Waals surface area contributed by atoms with Crippen LogP contribution in [0.3, 0.4) is 0 Å². The molecule has 0 aromatic rings. The van der Waals surface area contributed by atoms with Crippen LogP contribution in [0.25, 0.3) is 0 Å². The van der Waals surface area contributed by atoms with E-state index in [0.29, 0.717) is 32.8 Å². The van der Waals surface area contributed by atoms with Gasteiger partial charge in [0.25, 0.3) is 0 Å². The second kappa shape index (κ2) is 14.5. The molecule has 18 heavy (non-hydrogen) atoms. The van der Waals surface area contributed by atoms with Crippen molar-refractivity contribution in [2.45, 2.75) is 51.9 Å². The molecule has 0 radical (unpaired) electrons. The number of ether oxygens (including phenoxy) is 3. The highest BCUT2D eigenvalue weighted by Gasteiger charge is 2.02. The Bertz CT molecular complexity index is 165. The fraction of sp³-hybridized carbons (Fsp3) is 0.929. The first kappa shape index (κ1) is 17.4. The van der Waals surface area contributed by atoms with E-state index in [1.165, 1.54) is 25.7 Å². The molecule has 0 aliphatic carbocycles. The van der Waals surface area contributed by atoms with Gasteiger partial charge in [0, 0.05) is 13.5 Å². The summed E-state index contributed by atoms with van der Waals surface area (Å²) < 4.78 is 15.1. The first-order valence-electron chi connectivity index (χ1n) is 7.03. The summed E-state index contributed by atoms with van der Waals surface area (Å²) in [5.41, 5.74) is 0. The van der Waals surface area contributed by atoms with Crippen molar-refractivity contribution >= 4 is 5.97 Å². The van der Waals surface area contributed by atoms with Crippen LogP contribution >= 0.6 is 0 Å². The van der Waals surface area contributed by atoms with Crippen LogP contribution in [-0.2, 0) is 19.0 Å². The minimum atomic E-state index is -0.110. The van der Waals surface area contributed by atoms with E-state index in [1.807, 2.05) is 0 Å². The summed E-state index contributed by atoms with van der Waals surface area (Å²) in [4.78, 5) is 11.3. The standard InChI is InChI=1S/C14H28O4/c1-3-4-5-6-7-8-9-14(15)18-13-12-17-11-10-16-2/h3-13H2,1-2H3. The van der Waals surface area contributed by atoms with Crippen molar-refractivity contribution in [2.75, 3.05) is 33.5 Å². The molecule has 0 fully saturated rings. The Hall–Kier alpha value is -0.610. The minimum absolute atomic E-state index is 0.110. The summed E-state index contributed by atoms with van der Waals surface area (Å²) in [6.45, 7) is 4.12. The molecule has 0 aliphatic heterocycles. The third kappa shape index (κ3) is 13.5. The topological polar surface area (TPSA) is 44.8 Å². The van der Waals surface area contributed by atoms with Crippen LogP contribution in [0.1, 0.15) is 51.9 Å². The number of rotatable bonds is 13. The van der Waals surface area contributed by atoms with Gasteiger partial charge in [-0.1, -0.05) is 39.0 Å².